The van der Waals surface area contributed by atoms with Gasteiger partial charge in [-0.05, 0) is 43.4 Å². The highest BCUT2D eigenvalue weighted by molar-refractivity contribution is 5.95. The first-order valence-electron chi connectivity index (χ1n) is 8.81. The minimum Gasteiger partial charge on any atom is -0.494 e. The highest BCUT2D eigenvalue weighted by Gasteiger charge is 2.25. The molecule has 1 aromatic carbocycles. The molecule has 4 rings (SSSR count). The Kier molecular flexibility index (Phi) is 4.07. The second-order valence-electron chi connectivity index (χ2n) is 6.97. The number of pyridine rings is 1. The number of aryl methyl sites for hydroxylation is 2. The maximum atomic E-state index is 5.51. The quantitative estimate of drug-likeness (QED) is 0.733. The summed E-state index contributed by atoms with van der Waals surface area (Å²) < 4.78 is 7.40. The minimum absolute atomic E-state index is 0.665. The van der Waals surface area contributed by atoms with Crippen LogP contribution in [-0.2, 0) is 13.5 Å². The molecule has 0 aliphatic carbocycles. The Morgan fingerprint density at radius 2 is 2.20 bits per heavy atom. The van der Waals surface area contributed by atoms with Crippen molar-refractivity contribution in [1.29, 1.82) is 0 Å². The molecule has 0 amide bonds. The van der Waals surface area contributed by atoms with E-state index in [9.17, 15) is 0 Å². The molecule has 5 nitrogen and oxygen atoms in total. The zero-order valence-corrected chi connectivity index (χ0v) is 15.1. The summed E-state index contributed by atoms with van der Waals surface area (Å²) in [5, 5.41) is 5.46. The Morgan fingerprint density at radius 3 is 2.96 bits per heavy atom. The van der Waals surface area contributed by atoms with Gasteiger partial charge < -0.3 is 9.64 Å². The van der Waals surface area contributed by atoms with Crippen molar-refractivity contribution in [1.82, 2.24) is 14.8 Å². The fourth-order valence-corrected chi connectivity index (χ4v) is 3.88. The summed E-state index contributed by atoms with van der Waals surface area (Å²) in [5.41, 5.74) is 4.58. The summed E-state index contributed by atoms with van der Waals surface area (Å²) in [6.07, 6.45) is 6.41. The van der Waals surface area contributed by atoms with Gasteiger partial charge in [-0.15, -0.1) is 0 Å². The predicted molar refractivity (Wildman–Crippen MR) is 100 cm³/mol. The van der Waals surface area contributed by atoms with Crippen molar-refractivity contribution in [3.05, 3.63) is 47.9 Å². The first-order chi connectivity index (χ1) is 12.1. The molecule has 1 saturated heterocycles. The number of nitrogens with zero attached hydrogens (tertiary/aromatic N) is 4. The molecule has 1 atom stereocenters. The van der Waals surface area contributed by atoms with Gasteiger partial charge in [-0.25, -0.2) is 4.98 Å². The summed E-state index contributed by atoms with van der Waals surface area (Å²) >= 11 is 0. The topological polar surface area (TPSA) is 43.2 Å². The normalized spacial score (nSPS) is 17.4. The Hall–Kier alpha value is -2.56. The fourth-order valence-electron chi connectivity index (χ4n) is 3.88. The van der Waals surface area contributed by atoms with Gasteiger partial charge in [0.25, 0.3) is 0 Å². The highest BCUT2D eigenvalue weighted by Crippen LogP contribution is 2.35. The Bertz CT molecular complexity index is 902. The van der Waals surface area contributed by atoms with Gasteiger partial charge in [0.2, 0.25) is 0 Å². The lowest BCUT2D eigenvalue weighted by Gasteiger charge is -2.22. The summed E-state index contributed by atoms with van der Waals surface area (Å²) in [6.45, 7) is 4.21. The zero-order chi connectivity index (χ0) is 17.4. The molecule has 1 aliphatic heterocycles. The SMILES string of the molecule is COc1cccc2c(N3CCC(Cc4cnn(C)c4)C3)cc(C)nc12. The van der Waals surface area contributed by atoms with Crippen LogP contribution in [0.3, 0.4) is 0 Å². The smallest absolute Gasteiger partial charge is 0.145 e. The number of fused-ring (bicyclic) bond motifs is 1. The summed E-state index contributed by atoms with van der Waals surface area (Å²) in [5.74, 6) is 1.51. The van der Waals surface area contributed by atoms with Gasteiger partial charge in [0, 0.05) is 43.1 Å². The number of aromatic nitrogens is 3. The van der Waals surface area contributed by atoms with Gasteiger partial charge in [-0.3, -0.25) is 4.68 Å². The molecule has 1 unspecified atom stereocenters. The van der Waals surface area contributed by atoms with Crippen LogP contribution in [0.15, 0.2) is 36.7 Å². The maximum Gasteiger partial charge on any atom is 0.145 e. The van der Waals surface area contributed by atoms with Crippen molar-refractivity contribution >= 4 is 16.6 Å². The summed E-state index contributed by atoms with van der Waals surface area (Å²) in [6, 6.07) is 8.38. The van der Waals surface area contributed by atoms with Gasteiger partial charge in [-0.1, -0.05) is 12.1 Å². The standard InChI is InChI=1S/C20H24N4O/c1-14-9-18(17-5-4-6-19(25-3)20(17)22-14)24-8-7-15(13-24)10-16-11-21-23(2)12-16/h4-6,9,11-12,15H,7-8,10,13H2,1-3H3. The number of anilines is 1. The molecule has 2 aromatic heterocycles. The number of hydrogen-bond donors (Lipinski definition) is 0. The van der Waals surface area contributed by atoms with Crippen molar-refractivity contribution in [2.75, 3.05) is 25.1 Å². The lowest BCUT2D eigenvalue weighted by atomic mass is 10.0. The van der Waals surface area contributed by atoms with Gasteiger partial charge in [0.1, 0.15) is 11.3 Å². The van der Waals surface area contributed by atoms with Crippen LogP contribution in [0.25, 0.3) is 10.9 Å². The molecule has 5 heteroatoms. The molecule has 1 aliphatic rings. The van der Waals surface area contributed by atoms with Gasteiger partial charge in [0.05, 0.1) is 13.3 Å². The van der Waals surface area contributed by atoms with E-state index in [1.54, 1.807) is 7.11 Å². The van der Waals surface area contributed by atoms with Crippen LogP contribution in [0.2, 0.25) is 0 Å². The lowest BCUT2D eigenvalue weighted by Crippen LogP contribution is -2.20. The number of rotatable bonds is 4. The molecule has 3 aromatic rings. The van der Waals surface area contributed by atoms with E-state index < -0.39 is 0 Å². The summed E-state index contributed by atoms with van der Waals surface area (Å²) in [4.78, 5) is 7.20. The molecule has 0 N–H and O–H groups in total. The van der Waals surface area contributed by atoms with Crippen molar-refractivity contribution in [2.24, 2.45) is 13.0 Å². The van der Waals surface area contributed by atoms with Crippen LogP contribution in [0.5, 0.6) is 5.75 Å². The van der Waals surface area contributed by atoms with E-state index in [0.717, 1.165) is 36.5 Å². The molecule has 0 spiro atoms. The average Bonchev–Trinajstić information content (AvgIpc) is 3.23. The number of benzene rings is 1. The van der Waals surface area contributed by atoms with Crippen LogP contribution < -0.4 is 9.64 Å². The largest absolute Gasteiger partial charge is 0.494 e. The molecule has 1 fully saturated rings. The number of ether oxygens (including phenoxy) is 1. The van der Waals surface area contributed by atoms with Crippen LogP contribution in [0.4, 0.5) is 5.69 Å². The van der Waals surface area contributed by atoms with Crippen LogP contribution >= 0.6 is 0 Å². The van der Waals surface area contributed by atoms with E-state index in [2.05, 4.69) is 35.3 Å². The Morgan fingerprint density at radius 1 is 1.32 bits per heavy atom. The number of para-hydroxylation sites is 1. The third kappa shape index (κ3) is 3.06. The van der Waals surface area contributed by atoms with Gasteiger partial charge >= 0.3 is 0 Å². The zero-order valence-electron chi connectivity index (χ0n) is 15.1. The number of methoxy groups -OCH3 is 1. The average molecular weight is 336 g/mol. The maximum absolute atomic E-state index is 5.51. The van der Waals surface area contributed by atoms with E-state index in [-0.39, 0.29) is 0 Å². The van der Waals surface area contributed by atoms with E-state index >= 15 is 0 Å². The van der Waals surface area contributed by atoms with E-state index in [0.29, 0.717) is 5.92 Å². The van der Waals surface area contributed by atoms with Crippen molar-refractivity contribution in [3.63, 3.8) is 0 Å². The minimum atomic E-state index is 0.665. The third-order valence-corrected chi connectivity index (χ3v) is 5.04. The number of hydrogen-bond acceptors (Lipinski definition) is 4. The van der Waals surface area contributed by atoms with Crippen molar-refractivity contribution < 1.29 is 4.74 Å². The van der Waals surface area contributed by atoms with Gasteiger partial charge in [-0.2, -0.15) is 5.10 Å². The summed E-state index contributed by atoms with van der Waals surface area (Å²) in [7, 11) is 3.68. The predicted octanol–water partition coefficient (Wildman–Crippen LogP) is 3.35. The molecule has 130 valence electrons. The second kappa shape index (κ2) is 6.39. The molecule has 0 bridgehead atoms. The van der Waals surface area contributed by atoms with E-state index in [4.69, 9.17) is 9.72 Å². The van der Waals surface area contributed by atoms with Crippen molar-refractivity contribution in [2.45, 2.75) is 19.8 Å². The molecular weight excluding hydrogens is 312 g/mol. The molecule has 0 radical (unpaired) electrons. The van der Waals surface area contributed by atoms with E-state index in [1.807, 2.05) is 30.1 Å². The van der Waals surface area contributed by atoms with E-state index in [1.165, 1.54) is 23.1 Å². The fraction of sp³-hybridized carbons (Fsp3) is 0.400. The third-order valence-electron chi connectivity index (χ3n) is 5.04. The Balaban J connectivity index is 1.62. The molecule has 0 saturated carbocycles. The molecular formula is C20H24N4O. The van der Waals surface area contributed by atoms with Crippen molar-refractivity contribution in [3.8, 4) is 5.75 Å². The van der Waals surface area contributed by atoms with Gasteiger partial charge in [0.15, 0.2) is 0 Å². The molecule has 3 heterocycles. The first kappa shape index (κ1) is 15.9. The van der Waals surface area contributed by atoms with Crippen LogP contribution in [0, 0.1) is 12.8 Å². The van der Waals surface area contributed by atoms with Crippen LogP contribution in [0.1, 0.15) is 17.7 Å². The van der Waals surface area contributed by atoms with Crippen LogP contribution in [-0.4, -0.2) is 35.0 Å². The monoisotopic (exact) mass is 336 g/mol. The second-order valence-corrected chi connectivity index (χ2v) is 6.97. The highest BCUT2D eigenvalue weighted by atomic mass is 16.5. The molecule has 25 heavy (non-hydrogen) atoms. The lowest BCUT2D eigenvalue weighted by molar-refractivity contribution is 0.419. The Labute approximate surface area is 148 Å². The first-order valence-corrected chi connectivity index (χ1v) is 8.81.